The Morgan fingerprint density at radius 3 is 2.22 bits per heavy atom. The van der Waals surface area contributed by atoms with Gasteiger partial charge in [-0.05, 0) is 81.1 Å². The van der Waals surface area contributed by atoms with Gasteiger partial charge in [0.2, 0.25) is 0 Å². The molecule has 2 aromatic carbocycles. The normalized spacial score (nSPS) is 17.2. The number of hydrogen-bond acceptors (Lipinski definition) is 5. The molecule has 1 aromatic heterocycles. The fourth-order valence-corrected chi connectivity index (χ4v) is 4.78. The first kappa shape index (κ1) is 26.2. The highest BCUT2D eigenvalue weighted by Crippen LogP contribution is 2.42. The molecule has 3 aromatic rings. The molecule has 2 heterocycles. The SMILES string of the molecule is CC(C)(C)OC(=O)N1CCC(c2ccc(C(N)=O)c(-c3ccc(Oc4ccccc4)cc3)n2)C(C)(C)C1. The Bertz CT molecular complexity index is 1260. The number of pyridine rings is 1. The molecule has 2 amide bonds. The van der Waals surface area contributed by atoms with Crippen molar-refractivity contribution >= 4 is 12.0 Å². The molecule has 194 valence electrons. The second kappa shape index (κ2) is 10.2. The number of primary amides is 1. The van der Waals surface area contributed by atoms with E-state index in [4.69, 9.17) is 20.2 Å². The summed E-state index contributed by atoms with van der Waals surface area (Å²) in [6, 6.07) is 20.6. The van der Waals surface area contributed by atoms with E-state index < -0.39 is 11.5 Å². The molecule has 1 atom stereocenters. The summed E-state index contributed by atoms with van der Waals surface area (Å²) in [6.45, 7) is 11.0. The van der Waals surface area contributed by atoms with Crippen LogP contribution >= 0.6 is 0 Å². The van der Waals surface area contributed by atoms with E-state index in [-0.39, 0.29) is 17.4 Å². The molecule has 0 spiro atoms. The van der Waals surface area contributed by atoms with Gasteiger partial charge < -0.3 is 20.1 Å². The molecule has 7 heteroatoms. The molecule has 1 saturated heterocycles. The van der Waals surface area contributed by atoms with Crippen molar-refractivity contribution in [3.05, 3.63) is 78.0 Å². The first-order valence-electron chi connectivity index (χ1n) is 12.5. The van der Waals surface area contributed by atoms with Crippen molar-refractivity contribution in [1.29, 1.82) is 0 Å². The van der Waals surface area contributed by atoms with Crippen LogP contribution < -0.4 is 10.5 Å². The number of carbonyl (C=O) groups is 2. The van der Waals surface area contributed by atoms with E-state index in [1.807, 2.05) is 81.4 Å². The van der Waals surface area contributed by atoms with Gasteiger partial charge >= 0.3 is 6.09 Å². The van der Waals surface area contributed by atoms with Gasteiger partial charge in [0.15, 0.2) is 0 Å². The van der Waals surface area contributed by atoms with Crippen molar-refractivity contribution in [3.63, 3.8) is 0 Å². The number of carbonyl (C=O) groups excluding carboxylic acids is 2. The number of hydrogen-bond donors (Lipinski definition) is 1. The largest absolute Gasteiger partial charge is 0.457 e. The van der Waals surface area contributed by atoms with Gasteiger partial charge in [-0.2, -0.15) is 0 Å². The molecule has 1 fully saturated rings. The van der Waals surface area contributed by atoms with Gasteiger partial charge in [-0.1, -0.05) is 32.0 Å². The molecule has 1 unspecified atom stereocenters. The molecular weight excluding hydrogens is 466 g/mol. The third kappa shape index (κ3) is 6.28. The molecule has 4 rings (SSSR count). The fraction of sp³-hybridized carbons (Fsp3) is 0.367. The van der Waals surface area contributed by atoms with Crippen LogP contribution in [-0.4, -0.2) is 40.6 Å². The lowest BCUT2D eigenvalue weighted by Gasteiger charge is -2.44. The van der Waals surface area contributed by atoms with Gasteiger partial charge in [0.1, 0.15) is 17.1 Å². The summed E-state index contributed by atoms with van der Waals surface area (Å²) in [6.07, 6.45) is 0.438. The minimum atomic E-state index is -0.541. The number of nitrogens with zero attached hydrogens (tertiary/aromatic N) is 2. The molecule has 0 radical (unpaired) electrons. The number of ether oxygens (including phenoxy) is 2. The average Bonchev–Trinajstić information content (AvgIpc) is 2.83. The fourth-order valence-electron chi connectivity index (χ4n) is 4.78. The summed E-state index contributed by atoms with van der Waals surface area (Å²) < 4.78 is 11.5. The maximum Gasteiger partial charge on any atom is 0.410 e. The topological polar surface area (TPSA) is 94.8 Å². The van der Waals surface area contributed by atoms with Crippen LogP contribution in [-0.2, 0) is 4.74 Å². The maximum absolute atomic E-state index is 12.7. The number of benzene rings is 2. The zero-order valence-electron chi connectivity index (χ0n) is 22.2. The van der Waals surface area contributed by atoms with Crippen LogP contribution in [0.25, 0.3) is 11.3 Å². The molecule has 7 nitrogen and oxygen atoms in total. The quantitative estimate of drug-likeness (QED) is 0.437. The third-order valence-electron chi connectivity index (χ3n) is 6.53. The van der Waals surface area contributed by atoms with Crippen LogP contribution in [0.5, 0.6) is 11.5 Å². The molecule has 1 aliphatic heterocycles. The van der Waals surface area contributed by atoms with Crippen LogP contribution in [0.1, 0.15) is 63.0 Å². The predicted molar refractivity (Wildman–Crippen MR) is 144 cm³/mol. The Labute approximate surface area is 218 Å². The zero-order valence-corrected chi connectivity index (χ0v) is 22.2. The van der Waals surface area contributed by atoms with Crippen molar-refractivity contribution < 1.29 is 19.1 Å². The van der Waals surface area contributed by atoms with Crippen molar-refractivity contribution in [1.82, 2.24) is 9.88 Å². The van der Waals surface area contributed by atoms with Gasteiger partial charge in [-0.25, -0.2) is 4.79 Å². The summed E-state index contributed by atoms with van der Waals surface area (Å²) in [5.74, 6) is 0.987. The molecule has 0 saturated carbocycles. The Morgan fingerprint density at radius 2 is 1.62 bits per heavy atom. The van der Waals surface area contributed by atoms with E-state index in [2.05, 4.69) is 13.8 Å². The molecule has 1 aliphatic rings. The van der Waals surface area contributed by atoms with Gasteiger partial charge in [0, 0.05) is 30.3 Å². The number of likely N-dealkylation sites (tertiary alicyclic amines) is 1. The van der Waals surface area contributed by atoms with Crippen molar-refractivity contribution in [2.45, 2.75) is 52.6 Å². The summed E-state index contributed by atoms with van der Waals surface area (Å²) in [7, 11) is 0. The number of para-hydroxylation sites is 1. The number of aromatic nitrogens is 1. The van der Waals surface area contributed by atoms with E-state index in [0.717, 1.165) is 23.4 Å². The van der Waals surface area contributed by atoms with Crippen LogP contribution in [0.2, 0.25) is 0 Å². The minimum absolute atomic E-state index is 0.0903. The number of amides is 2. The summed E-state index contributed by atoms with van der Waals surface area (Å²) in [5.41, 5.74) is 7.48. The standard InChI is InChI=1S/C30H35N3O4/c1-29(2,3)37-28(35)33-18-17-24(30(4,5)19-33)25-16-15-23(27(31)34)26(32-25)20-11-13-22(14-12-20)36-21-9-7-6-8-10-21/h6-16,24H,17-19H2,1-5H3,(H2,31,34). The van der Waals surface area contributed by atoms with Crippen LogP contribution in [0.3, 0.4) is 0 Å². The first-order valence-corrected chi connectivity index (χ1v) is 12.5. The number of rotatable bonds is 5. The van der Waals surface area contributed by atoms with Gasteiger partial charge in [0.05, 0.1) is 11.3 Å². The van der Waals surface area contributed by atoms with Gasteiger partial charge in [0.25, 0.3) is 5.91 Å². The smallest absolute Gasteiger partial charge is 0.410 e. The molecule has 37 heavy (non-hydrogen) atoms. The summed E-state index contributed by atoms with van der Waals surface area (Å²) in [4.78, 5) is 31.6. The van der Waals surface area contributed by atoms with Gasteiger partial charge in [-0.3, -0.25) is 9.78 Å². The van der Waals surface area contributed by atoms with E-state index in [1.54, 1.807) is 11.0 Å². The zero-order chi connectivity index (χ0) is 26.8. The highest BCUT2D eigenvalue weighted by Gasteiger charge is 2.40. The lowest BCUT2D eigenvalue weighted by Crippen LogP contribution is -2.49. The third-order valence-corrected chi connectivity index (χ3v) is 6.53. The summed E-state index contributed by atoms with van der Waals surface area (Å²) in [5, 5.41) is 0. The molecule has 2 N–H and O–H groups in total. The molecule has 0 bridgehead atoms. The molecular formula is C30H35N3O4. The Balaban J connectivity index is 1.58. The van der Waals surface area contributed by atoms with E-state index in [1.165, 1.54) is 0 Å². The average molecular weight is 502 g/mol. The Kier molecular flexibility index (Phi) is 7.25. The second-order valence-corrected chi connectivity index (χ2v) is 11.2. The monoisotopic (exact) mass is 501 g/mol. The maximum atomic E-state index is 12.7. The lowest BCUT2D eigenvalue weighted by molar-refractivity contribution is 0.00447. The van der Waals surface area contributed by atoms with Crippen LogP contribution in [0.4, 0.5) is 4.79 Å². The lowest BCUT2D eigenvalue weighted by atomic mass is 9.72. The van der Waals surface area contributed by atoms with Crippen LogP contribution in [0, 0.1) is 5.41 Å². The van der Waals surface area contributed by atoms with Crippen molar-refractivity contribution in [2.75, 3.05) is 13.1 Å². The van der Waals surface area contributed by atoms with Gasteiger partial charge in [-0.15, -0.1) is 0 Å². The first-order chi connectivity index (χ1) is 17.4. The molecule has 0 aliphatic carbocycles. The van der Waals surface area contributed by atoms with E-state index >= 15 is 0 Å². The highest BCUT2D eigenvalue weighted by atomic mass is 16.6. The number of nitrogens with two attached hydrogens (primary N) is 1. The Hall–Kier alpha value is -3.87. The minimum Gasteiger partial charge on any atom is -0.457 e. The second-order valence-electron chi connectivity index (χ2n) is 11.2. The van der Waals surface area contributed by atoms with E-state index in [0.29, 0.717) is 30.1 Å². The predicted octanol–water partition coefficient (Wildman–Crippen LogP) is 6.39. The Morgan fingerprint density at radius 1 is 0.973 bits per heavy atom. The van der Waals surface area contributed by atoms with E-state index in [9.17, 15) is 9.59 Å². The van der Waals surface area contributed by atoms with Crippen molar-refractivity contribution in [3.8, 4) is 22.8 Å². The highest BCUT2D eigenvalue weighted by molar-refractivity contribution is 5.98. The number of piperidine rings is 1. The van der Waals surface area contributed by atoms with Crippen molar-refractivity contribution in [2.24, 2.45) is 11.1 Å². The summed E-state index contributed by atoms with van der Waals surface area (Å²) >= 11 is 0. The van der Waals surface area contributed by atoms with Crippen LogP contribution in [0.15, 0.2) is 66.7 Å².